The molecular weight excluding hydrogens is 168 g/mol. The summed E-state index contributed by atoms with van der Waals surface area (Å²) in [4.78, 5) is 22.3. The van der Waals surface area contributed by atoms with Gasteiger partial charge in [-0.05, 0) is 12.5 Å². The minimum Gasteiger partial charge on any atom is -0.508 e. The Kier molecular flexibility index (Phi) is 1.65. The van der Waals surface area contributed by atoms with Crippen molar-refractivity contribution >= 4 is 11.6 Å². The Hall–Kier alpha value is -1.64. The Morgan fingerprint density at radius 3 is 2.69 bits per heavy atom. The Morgan fingerprint density at radius 2 is 1.92 bits per heavy atom. The fourth-order valence-electron chi connectivity index (χ4n) is 1.55. The summed E-state index contributed by atoms with van der Waals surface area (Å²) in [7, 11) is 0. The predicted octanol–water partition coefficient (Wildman–Crippen LogP) is 1.09. The second-order valence-electron chi connectivity index (χ2n) is 3.06. The zero-order chi connectivity index (χ0) is 9.42. The lowest BCUT2D eigenvalue weighted by Crippen LogP contribution is -2.21. The third-order valence-electron chi connectivity index (χ3n) is 2.25. The molecule has 0 heterocycles. The molecule has 0 bridgehead atoms. The summed E-state index contributed by atoms with van der Waals surface area (Å²) in [6.07, 6.45) is 0.677. The van der Waals surface area contributed by atoms with Crippen LogP contribution in [-0.2, 0) is 11.2 Å². The summed E-state index contributed by atoms with van der Waals surface area (Å²) in [6, 6.07) is 4.68. The van der Waals surface area contributed by atoms with Gasteiger partial charge in [0.1, 0.15) is 5.75 Å². The first-order chi connectivity index (χ1) is 6.20. The Morgan fingerprint density at radius 1 is 1.15 bits per heavy atom. The molecule has 3 nitrogen and oxygen atoms in total. The number of phenols is 1. The maximum absolute atomic E-state index is 11.3. The first kappa shape index (κ1) is 7.98. The number of aromatic hydroxyl groups is 1. The van der Waals surface area contributed by atoms with Gasteiger partial charge in [-0.1, -0.05) is 12.1 Å². The molecule has 1 aliphatic carbocycles. The van der Waals surface area contributed by atoms with E-state index in [1.165, 1.54) is 6.07 Å². The van der Waals surface area contributed by atoms with Gasteiger partial charge in [-0.25, -0.2) is 0 Å². The lowest BCUT2D eigenvalue weighted by Gasteiger charge is -2.13. The van der Waals surface area contributed by atoms with Crippen molar-refractivity contribution in [3.05, 3.63) is 29.3 Å². The van der Waals surface area contributed by atoms with Crippen molar-refractivity contribution in [3.8, 4) is 5.75 Å². The molecule has 1 N–H and O–H groups in total. The van der Waals surface area contributed by atoms with Gasteiger partial charge >= 0.3 is 0 Å². The van der Waals surface area contributed by atoms with Gasteiger partial charge in [-0.3, -0.25) is 9.59 Å². The fourth-order valence-corrected chi connectivity index (χ4v) is 1.55. The molecule has 0 atom stereocenters. The van der Waals surface area contributed by atoms with Crippen LogP contribution in [0.4, 0.5) is 0 Å². The summed E-state index contributed by atoms with van der Waals surface area (Å²) < 4.78 is 0. The van der Waals surface area contributed by atoms with E-state index in [4.69, 9.17) is 0 Å². The number of benzene rings is 1. The second kappa shape index (κ2) is 2.69. The van der Waals surface area contributed by atoms with E-state index in [1.807, 2.05) is 0 Å². The Labute approximate surface area is 75.0 Å². The molecule has 2 rings (SSSR count). The van der Waals surface area contributed by atoms with Gasteiger partial charge in [0, 0.05) is 17.5 Å². The van der Waals surface area contributed by atoms with Crippen LogP contribution in [0, 0.1) is 0 Å². The summed E-state index contributed by atoms with van der Waals surface area (Å²) >= 11 is 0. The first-order valence-electron chi connectivity index (χ1n) is 4.08. The third-order valence-corrected chi connectivity index (χ3v) is 2.25. The smallest absolute Gasteiger partial charge is 0.228 e. The zero-order valence-corrected chi connectivity index (χ0v) is 6.91. The summed E-state index contributed by atoms with van der Waals surface area (Å²) in [5.41, 5.74) is 0.961. The van der Waals surface area contributed by atoms with Crippen LogP contribution in [0.3, 0.4) is 0 Å². The SMILES string of the molecule is O=C1CCc2c(O)cccc2C1=O. The molecule has 13 heavy (non-hydrogen) atoms. The molecule has 1 aliphatic rings. The van der Waals surface area contributed by atoms with Crippen LogP contribution in [0.1, 0.15) is 22.3 Å². The highest BCUT2D eigenvalue weighted by Gasteiger charge is 2.26. The molecule has 0 unspecified atom stereocenters. The minimum atomic E-state index is -0.475. The fraction of sp³-hybridized carbons (Fsp3) is 0.200. The number of hydrogen-bond acceptors (Lipinski definition) is 3. The summed E-state index contributed by atoms with van der Waals surface area (Å²) in [5, 5.41) is 9.40. The molecule has 1 aromatic rings. The molecule has 3 heteroatoms. The van der Waals surface area contributed by atoms with Crippen molar-refractivity contribution in [2.75, 3.05) is 0 Å². The van der Waals surface area contributed by atoms with Crippen LogP contribution < -0.4 is 0 Å². The van der Waals surface area contributed by atoms with Crippen LogP contribution in [0.15, 0.2) is 18.2 Å². The summed E-state index contributed by atoms with van der Waals surface area (Å²) in [6.45, 7) is 0. The van der Waals surface area contributed by atoms with Gasteiger partial charge in [0.25, 0.3) is 0 Å². The molecule has 0 spiro atoms. The van der Waals surface area contributed by atoms with E-state index in [9.17, 15) is 14.7 Å². The van der Waals surface area contributed by atoms with Crippen LogP contribution in [0.2, 0.25) is 0 Å². The maximum Gasteiger partial charge on any atom is 0.228 e. The number of rotatable bonds is 0. The van der Waals surface area contributed by atoms with Gasteiger partial charge in [0.2, 0.25) is 11.6 Å². The highest BCUT2D eigenvalue weighted by molar-refractivity contribution is 6.44. The van der Waals surface area contributed by atoms with Crippen LogP contribution in [0.5, 0.6) is 5.75 Å². The van der Waals surface area contributed by atoms with Crippen molar-refractivity contribution in [2.45, 2.75) is 12.8 Å². The number of ketones is 2. The van der Waals surface area contributed by atoms with Crippen molar-refractivity contribution in [3.63, 3.8) is 0 Å². The first-order valence-corrected chi connectivity index (χ1v) is 4.08. The number of hydrogen-bond donors (Lipinski definition) is 1. The van der Waals surface area contributed by atoms with Crippen LogP contribution in [0.25, 0.3) is 0 Å². The van der Waals surface area contributed by atoms with Crippen molar-refractivity contribution in [1.29, 1.82) is 0 Å². The monoisotopic (exact) mass is 176 g/mol. The average molecular weight is 176 g/mol. The van der Waals surface area contributed by atoms with Crippen molar-refractivity contribution in [1.82, 2.24) is 0 Å². The average Bonchev–Trinajstić information content (AvgIpc) is 2.12. The Balaban J connectivity index is 2.62. The number of Topliss-reactive ketones (excluding diaryl/α,β-unsaturated/α-hetero) is 2. The molecule has 0 aliphatic heterocycles. The number of carbonyl (C=O) groups is 2. The second-order valence-corrected chi connectivity index (χ2v) is 3.06. The number of carbonyl (C=O) groups excluding carboxylic acids is 2. The van der Waals surface area contributed by atoms with Gasteiger partial charge in [-0.2, -0.15) is 0 Å². The third kappa shape index (κ3) is 1.13. The molecular formula is C10H8O3. The lowest BCUT2D eigenvalue weighted by molar-refractivity contribution is -0.115. The number of phenolic OH excluding ortho intramolecular Hbond substituents is 1. The van der Waals surface area contributed by atoms with Gasteiger partial charge in [0.15, 0.2) is 0 Å². The van der Waals surface area contributed by atoms with Crippen LogP contribution in [-0.4, -0.2) is 16.7 Å². The predicted molar refractivity (Wildman–Crippen MR) is 45.8 cm³/mol. The normalized spacial score (nSPS) is 15.7. The van der Waals surface area contributed by atoms with E-state index in [2.05, 4.69) is 0 Å². The van der Waals surface area contributed by atoms with Crippen molar-refractivity contribution < 1.29 is 14.7 Å². The highest BCUT2D eigenvalue weighted by atomic mass is 16.3. The van der Waals surface area contributed by atoms with Crippen LogP contribution >= 0.6 is 0 Å². The molecule has 0 aromatic heterocycles. The lowest BCUT2D eigenvalue weighted by atomic mass is 9.89. The molecule has 0 fully saturated rings. The standard InChI is InChI=1S/C10H8O3/c11-8-3-1-2-7-6(8)4-5-9(12)10(7)13/h1-3,11H,4-5H2. The van der Waals surface area contributed by atoms with E-state index < -0.39 is 5.78 Å². The molecule has 66 valence electrons. The largest absolute Gasteiger partial charge is 0.508 e. The molecule has 0 radical (unpaired) electrons. The van der Waals surface area contributed by atoms with E-state index in [-0.39, 0.29) is 18.0 Å². The van der Waals surface area contributed by atoms with Gasteiger partial charge < -0.3 is 5.11 Å². The molecule has 0 saturated carbocycles. The maximum atomic E-state index is 11.3. The van der Waals surface area contributed by atoms with E-state index in [1.54, 1.807) is 12.1 Å². The molecule has 0 amide bonds. The Bertz CT molecular complexity index is 393. The number of fused-ring (bicyclic) bond motifs is 1. The van der Waals surface area contributed by atoms with E-state index in [0.717, 1.165) is 0 Å². The summed E-state index contributed by atoms with van der Waals surface area (Å²) in [5.74, 6) is -0.728. The van der Waals surface area contributed by atoms with Gasteiger partial charge in [0.05, 0.1) is 0 Å². The topological polar surface area (TPSA) is 54.4 Å². The van der Waals surface area contributed by atoms with E-state index >= 15 is 0 Å². The quantitative estimate of drug-likeness (QED) is 0.602. The minimum absolute atomic E-state index is 0.110. The zero-order valence-electron chi connectivity index (χ0n) is 6.91. The van der Waals surface area contributed by atoms with E-state index in [0.29, 0.717) is 17.5 Å². The van der Waals surface area contributed by atoms with Crippen molar-refractivity contribution in [2.24, 2.45) is 0 Å². The molecule has 0 saturated heterocycles. The molecule has 1 aromatic carbocycles. The van der Waals surface area contributed by atoms with Gasteiger partial charge in [-0.15, -0.1) is 0 Å². The highest BCUT2D eigenvalue weighted by Crippen LogP contribution is 2.26.